The summed E-state index contributed by atoms with van der Waals surface area (Å²) in [6, 6.07) is 0. The van der Waals surface area contributed by atoms with Gasteiger partial charge in [-0.2, -0.15) is 0 Å². The predicted octanol–water partition coefficient (Wildman–Crippen LogP) is 3.34. The smallest absolute Gasteiger partial charge is 0.162 e. The molecule has 0 spiro atoms. The highest BCUT2D eigenvalue weighted by Crippen LogP contribution is 2.69. The number of aliphatic hydroxyl groups is 3. The molecule has 30 heavy (non-hydrogen) atoms. The Labute approximate surface area is 179 Å². The SMILES string of the molecule is CCCCC(=O)[C@H]1CC[C@@]2(O)C3=CC(=O)[C@]4(C)C[C@@H](O)[C@@H](O)C[C@]4(C)C3CC[C@]12C. The maximum Gasteiger partial charge on any atom is 0.162 e. The van der Waals surface area contributed by atoms with Gasteiger partial charge in [0.25, 0.3) is 0 Å². The van der Waals surface area contributed by atoms with E-state index in [-0.39, 0.29) is 29.8 Å². The summed E-state index contributed by atoms with van der Waals surface area (Å²) in [5, 5.41) is 32.8. The van der Waals surface area contributed by atoms with Crippen molar-refractivity contribution in [2.45, 2.75) is 103 Å². The normalized spacial score (nSPS) is 50.4. The summed E-state index contributed by atoms with van der Waals surface area (Å²) >= 11 is 0. The van der Waals surface area contributed by atoms with Crippen LogP contribution in [0, 0.1) is 28.1 Å². The van der Waals surface area contributed by atoms with Crippen LogP contribution in [-0.4, -0.2) is 44.7 Å². The average Bonchev–Trinajstić information content (AvgIpc) is 2.96. The second-order valence-corrected chi connectivity index (χ2v) is 11.3. The lowest BCUT2D eigenvalue weighted by Crippen LogP contribution is -2.64. The van der Waals surface area contributed by atoms with Crippen molar-refractivity contribution in [1.82, 2.24) is 0 Å². The van der Waals surface area contributed by atoms with E-state index in [9.17, 15) is 24.9 Å². The zero-order valence-electron chi connectivity index (χ0n) is 18.9. The molecule has 0 aliphatic heterocycles. The third-order valence-electron chi connectivity index (χ3n) is 10.0. The summed E-state index contributed by atoms with van der Waals surface area (Å²) in [5.74, 6) is 0.0140. The Kier molecular flexibility index (Phi) is 5.16. The highest BCUT2D eigenvalue weighted by atomic mass is 16.3. The van der Waals surface area contributed by atoms with Gasteiger partial charge in [0.15, 0.2) is 5.78 Å². The molecule has 0 heterocycles. The van der Waals surface area contributed by atoms with Crippen molar-refractivity contribution in [3.8, 4) is 0 Å². The van der Waals surface area contributed by atoms with Crippen LogP contribution in [0.2, 0.25) is 0 Å². The number of carbonyl (C=O) groups is 2. The lowest BCUT2D eigenvalue weighted by Gasteiger charge is -2.63. The van der Waals surface area contributed by atoms with E-state index < -0.39 is 34.1 Å². The number of unbranched alkanes of at least 4 members (excludes halogenated alkanes) is 1. The maximum absolute atomic E-state index is 13.4. The number of Topliss-reactive ketones (excluding diaryl/α,β-unsaturated/α-hetero) is 1. The van der Waals surface area contributed by atoms with Crippen LogP contribution in [0.15, 0.2) is 11.6 Å². The van der Waals surface area contributed by atoms with Crippen LogP contribution in [0.4, 0.5) is 0 Å². The van der Waals surface area contributed by atoms with Gasteiger partial charge in [-0.1, -0.05) is 34.1 Å². The van der Waals surface area contributed by atoms with Gasteiger partial charge in [0, 0.05) is 23.2 Å². The molecule has 5 heteroatoms. The summed E-state index contributed by atoms with van der Waals surface area (Å²) in [6.07, 6.45) is 5.65. The van der Waals surface area contributed by atoms with Gasteiger partial charge in [-0.05, 0) is 67.9 Å². The zero-order valence-corrected chi connectivity index (χ0v) is 18.9. The molecule has 0 aromatic rings. The molecular formula is C25H38O5. The van der Waals surface area contributed by atoms with Crippen LogP contribution in [0.5, 0.6) is 0 Å². The average molecular weight is 419 g/mol. The maximum atomic E-state index is 13.4. The molecule has 4 aliphatic carbocycles. The Morgan fingerprint density at radius 2 is 1.73 bits per heavy atom. The molecule has 4 aliphatic rings. The first kappa shape index (κ1) is 22.2. The zero-order chi connectivity index (χ0) is 22.1. The van der Waals surface area contributed by atoms with E-state index in [0.717, 1.165) is 31.3 Å². The van der Waals surface area contributed by atoms with Gasteiger partial charge in [-0.3, -0.25) is 9.59 Å². The molecule has 4 rings (SSSR count). The molecule has 8 atom stereocenters. The van der Waals surface area contributed by atoms with E-state index in [0.29, 0.717) is 25.7 Å². The number of allylic oxidation sites excluding steroid dienone is 1. The Balaban J connectivity index is 1.75. The third-order valence-corrected chi connectivity index (χ3v) is 10.0. The molecule has 5 nitrogen and oxygen atoms in total. The molecule has 0 amide bonds. The van der Waals surface area contributed by atoms with Crippen LogP contribution in [-0.2, 0) is 9.59 Å². The molecule has 0 saturated heterocycles. The second kappa shape index (κ2) is 6.98. The standard InChI is InChI=1S/C25H38O5/c1-5-6-7-18(26)16-9-11-25(30)17-12-21(29)24(4)14-20(28)19(27)13-23(24,3)15(17)8-10-22(16,25)2/h12,15-16,19-20,27-28,30H,5-11,13-14H2,1-4H3/t15?,16-,19+,20-,22-,23-,24+,25-/m1/s1. The summed E-state index contributed by atoms with van der Waals surface area (Å²) in [4.78, 5) is 26.4. The van der Waals surface area contributed by atoms with Gasteiger partial charge in [-0.25, -0.2) is 0 Å². The van der Waals surface area contributed by atoms with E-state index >= 15 is 0 Å². The minimum absolute atomic E-state index is 0.0232. The third kappa shape index (κ3) is 2.64. The molecular weight excluding hydrogens is 380 g/mol. The number of ketones is 2. The molecule has 3 saturated carbocycles. The van der Waals surface area contributed by atoms with Crippen LogP contribution in [0.3, 0.4) is 0 Å². The molecule has 0 radical (unpaired) electrons. The fourth-order valence-electron chi connectivity index (χ4n) is 7.70. The van der Waals surface area contributed by atoms with Crippen molar-refractivity contribution in [1.29, 1.82) is 0 Å². The number of fused-ring (bicyclic) bond motifs is 5. The molecule has 0 aromatic carbocycles. The summed E-state index contributed by atoms with van der Waals surface area (Å²) in [6.45, 7) is 8.10. The first-order valence-electron chi connectivity index (χ1n) is 11.8. The van der Waals surface area contributed by atoms with Crippen molar-refractivity contribution < 1.29 is 24.9 Å². The van der Waals surface area contributed by atoms with Crippen LogP contribution in [0.1, 0.15) is 85.5 Å². The lowest BCUT2D eigenvalue weighted by molar-refractivity contribution is -0.175. The van der Waals surface area contributed by atoms with Gasteiger partial charge in [0.1, 0.15) is 5.78 Å². The predicted molar refractivity (Wildman–Crippen MR) is 114 cm³/mol. The summed E-state index contributed by atoms with van der Waals surface area (Å²) in [5.41, 5.74) is -2.18. The molecule has 0 aromatic heterocycles. The van der Waals surface area contributed by atoms with E-state index in [1.54, 1.807) is 6.08 Å². The van der Waals surface area contributed by atoms with Crippen LogP contribution in [0.25, 0.3) is 0 Å². The van der Waals surface area contributed by atoms with E-state index in [1.807, 2.05) is 13.8 Å². The topological polar surface area (TPSA) is 94.8 Å². The first-order chi connectivity index (χ1) is 13.9. The molecule has 3 N–H and O–H groups in total. The van der Waals surface area contributed by atoms with E-state index in [4.69, 9.17) is 0 Å². The number of aliphatic hydroxyl groups excluding tert-OH is 2. The first-order valence-corrected chi connectivity index (χ1v) is 11.8. The van der Waals surface area contributed by atoms with Crippen molar-refractivity contribution in [2.75, 3.05) is 0 Å². The Bertz CT molecular complexity index is 788. The molecule has 0 bridgehead atoms. The summed E-state index contributed by atoms with van der Waals surface area (Å²) in [7, 11) is 0. The minimum atomic E-state index is -1.15. The largest absolute Gasteiger partial charge is 0.390 e. The molecule has 3 fully saturated rings. The second-order valence-electron chi connectivity index (χ2n) is 11.3. The Morgan fingerprint density at radius 1 is 1.07 bits per heavy atom. The molecule has 1 unspecified atom stereocenters. The minimum Gasteiger partial charge on any atom is -0.390 e. The fraction of sp³-hybridized carbons (Fsp3) is 0.840. The van der Waals surface area contributed by atoms with Gasteiger partial charge < -0.3 is 15.3 Å². The van der Waals surface area contributed by atoms with Crippen molar-refractivity contribution >= 4 is 11.6 Å². The Morgan fingerprint density at radius 3 is 2.40 bits per heavy atom. The van der Waals surface area contributed by atoms with E-state index in [2.05, 4.69) is 13.8 Å². The summed E-state index contributed by atoms with van der Waals surface area (Å²) < 4.78 is 0. The van der Waals surface area contributed by atoms with Crippen LogP contribution >= 0.6 is 0 Å². The quantitative estimate of drug-likeness (QED) is 0.651. The highest BCUT2D eigenvalue weighted by molar-refractivity contribution is 5.98. The number of rotatable bonds is 4. The van der Waals surface area contributed by atoms with Gasteiger partial charge in [0.2, 0.25) is 0 Å². The van der Waals surface area contributed by atoms with Crippen LogP contribution < -0.4 is 0 Å². The van der Waals surface area contributed by atoms with Crippen molar-refractivity contribution in [3.05, 3.63) is 11.6 Å². The lowest BCUT2D eigenvalue weighted by atomic mass is 9.41. The number of hydrogen-bond acceptors (Lipinski definition) is 5. The number of carbonyl (C=O) groups excluding carboxylic acids is 2. The van der Waals surface area contributed by atoms with Crippen molar-refractivity contribution in [3.63, 3.8) is 0 Å². The fourth-order valence-corrected chi connectivity index (χ4v) is 7.70. The van der Waals surface area contributed by atoms with Crippen molar-refractivity contribution in [2.24, 2.45) is 28.1 Å². The monoisotopic (exact) mass is 418 g/mol. The highest BCUT2D eigenvalue weighted by Gasteiger charge is 2.69. The van der Waals surface area contributed by atoms with Gasteiger partial charge in [0.05, 0.1) is 17.8 Å². The van der Waals surface area contributed by atoms with E-state index in [1.165, 1.54) is 0 Å². The van der Waals surface area contributed by atoms with Gasteiger partial charge in [-0.15, -0.1) is 0 Å². The molecule has 168 valence electrons. The Hall–Kier alpha value is -1.04. The van der Waals surface area contributed by atoms with Gasteiger partial charge >= 0.3 is 0 Å². The number of hydrogen-bond donors (Lipinski definition) is 3.